The number of carboxylic acids is 1. The molecule has 0 spiro atoms. The van der Waals surface area contributed by atoms with Gasteiger partial charge >= 0.3 is 5.97 Å². The molecule has 1 aromatic heterocycles. The van der Waals surface area contributed by atoms with Crippen LogP contribution in [-0.2, 0) is 11.2 Å². The zero-order valence-electron chi connectivity index (χ0n) is 10.1. The maximum atomic E-state index is 10.8. The number of nitrogens with zero attached hydrogens (tertiary/aromatic N) is 2. The first-order chi connectivity index (χ1) is 8.49. The molecule has 1 aromatic carbocycles. The fourth-order valence-electron chi connectivity index (χ4n) is 1.92. The summed E-state index contributed by atoms with van der Waals surface area (Å²) in [6.45, 7) is 3.69. The van der Waals surface area contributed by atoms with Crippen LogP contribution in [0.1, 0.15) is 17.0 Å². The van der Waals surface area contributed by atoms with E-state index in [9.17, 15) is 4.79 Å². The summed E-state index contributed by atoms with van der Waals surface area (Å²) >= 11 is 5.84. The summed E-state index contributed by atoms with van der Waals surface area (Å²) in [5, 5.41) is 13.9. The van der Waals surface area contributed by atoms with E-state index in [1.54, 1.807) is 16.8 Å². The van der Waals surface area contributed by atoms with Gasteiger partial charge in [0.2, 0.25) is 0 Å². The monoisotopic (exact) mass is 264 g/mol. The highest BCUT2D eigenvalue weighted by Crippen LogP contribution is 2.19. The largest absolute Gasteiger partial charge is 0.481 e. The molecule has 2 aromatic rings. The quantitative estimate of drug-likeness (QED) is 0.927. The first-order valence-electron chi connectivity index (χ1n) is 5.52. The van der Waals surface area contributed by atoms with Crippen LogP contribution < -0.4 is 0 Å². The van der Waals surface area contributed by atoms with E-state index in [0.717, 1.165) is 22.6 Å². The Labute approximate surface area is 110 Å². The van der Waals surface area contributed by atoms with Crippen molar-refractivity contribution in [1.82, 2.24) is 9.78 Å². The molecule has 0 atom stereocenters. The van der Waals surface area contributed by atoms with E-state index in [0.29, 0.717) is 5.02 Å². The number of carboxylic acid groups (broad SMARTS) is 1. The predicted octanol–water partition coefficient (Wildman–Crippen LogP) is 2.77. The fraction of sp³-hybridized carbons (Fsp3) is 0.231. The van der Waals surface area contributed by atoms with Gasteiger partial charge in [0.25, 0.3) is 0 Å². The van der Waals surface area contributed by atoms with Gasteiger partial charge in [0, 0.05) is 16.3 Å². The van der Waals surface area contributed by atoms with Crippen molar-refractivity contribution in [2.24, 2.45) is 0 Å². The van der Waals surface area contributed by atoms with Crippen LogP contribution in [-0.4, -0.2) is 20.9 Å². The highest BCUT2D eigenvalue weighted by Gasteiger charge is 2.15. The molecule has 0 amide bonds. The van der Waals surface area contributed by atoms with E-state index in [2.05, 4.69) is 5.10 Å². The van der Waals surface area contributed by atoms with Gasteiger partial charge in [-0.25, -0.2) is 4.68 Å². The van der Waals surface area contributed by atoms with E-state index < -0.39 is 5.97 Å². The number of aromatic nitrogens is 2. The van der Waals surface area contributed by atoms with E-state index in [4.69, 9.17) is 16.7 Å². The average Bonchev–Trinajstić information content (AvgIpc) is 2.58. The third kappa shape index (κ3) is 2.38. The molecule has 0 unspecified atom stereocenters. The van der Waals surface area contributed by atoms with Crippen LogP contribution in [0.15, 0.2) is 24.3 Å². The zero-order valence-corrected chi connectivity index (χ0v) is 10.9. The first kappa shape index (κ1) is 12.6. The van der Waals surface area contributed by atoms with Crippen LogP contribution in [0.5, 0.6) is 0 Å². The molecule has 2 rings (SSSR count). The van der Waals surface area contributed by atoms with Gasteiger partial charge in [0.1, 0.15) is 0 Å². The Morgan fingerprint density at radius 3 is 2.50 bits per heavy atom. The second kappa shape index (κ2) is 4.82. The molecule has 0 saturated heterocycles. The Hall–Kier alpha value is -1.81. The van der Waals surface area contributed by atoms with Crippen molar-refractivity contribution in [3.05, 3.63) is 46.2 Å². The number of aliphatic carboxylic acids is 1. The molecular formula is C13H13ClN2O2. The Bertz CT molecular complexity index is 588. The van der Waals surface area contributed by atoms with Crippen LogP contribution >= 0.6 is 11.6 Å². The van der Waals surface area contributed by atoms with Crippen LogP contribution in [0.4, 0.5) is 0 Å². The van der Waals surface area contributed by atoms with E-state index in [1.165, 1.54) is 0 Å². The highest BCUT2D eigenvalue weighted by atomic mass is 35.5. The molecule has 5 heteroatoms. The molecule has 0 aliphatic heterocycles. The fourth-order valence-corrected chi connectivity index (χ4v) is 2.04. The zero-order chi connectivity index (χ0) is 13.3. The van der Waals surface area contributed by atoms with Gasteiger partial charge in [0.05, 0.1) is 17.8 Å². The molecule has 1 heterocycles. The molecule has 18 heavy (non-hydrogen) atoms. The molecule has 0 bridgehead atoms. The second-order valence-electron chi connectivity index (χ2n) is 4.11. The van der Waals surface area contributed by atoms with Crippen molar-refractivity contribution in [2.75, 3.05) is 0 Å². The van der Waals surface area contributed by atoms with Gasteiger partial charge < -0.3 is 5.11 Å². The van der Waals surface area contributed by atoms with Crippen molar-refractivity contribution in [3.63, 3.8) is 0 Å². The lowest BCUT2D eigenvalue weighted by Gasteiger charge is -2.04. The van der Waals surface area contributed by atoms with E-state index in [1.807, 2.05) is 26.0 Å². The molecule has 0 aliphatic carbocycles. The topological polar surface area (TPSA) is 55.1 Å². The normalized spacial score (nSPS) is 10.6. The number of hydrogen-bond acceptors (Lipinski definition) is 2. The average molecular weight is 265 g/mol. The molecule has 0 saturated carbocycles. The summed E-state index contributed by atoms with van der Waals surface area (Å²) in [7, 11) is 0. The number of aryl methyl sites for hydroxylation is 1. The minimum Gasteiger partial charge on any atom is -0.481 e. The van der Waals surface area contributed by atoms with Crippen LogP contribution in [0, 0.1) is 13.8 Å². The smallest absolute Gasteiger partial charge is 0.307 e. The molecular weight excluding hydrogens is 252 g/mol. The third-order valence-corrected chi connectivity index (χ3v) is 3.09. The van der Waals surface area contributed by atoms with Crippen LogP contribution in [0.25, 0.3) is 5.69 Å². The van der Waals surface area contributed by atoms with Crippen molar-refractivity contribution in [3.8, 4) is 5.69 Å². The summed E-state index contributed by atoms with van der Waals surface area (Å²) in [4.78, 5) is 10.8. The van der Waals surface area contributed by atoms with Gasteiger partial charge in [-0.15, -0.1) is 0 Å². The van der Waals surface area contributed by atoms with Crippen molar-refractivity contribution >= 4 is 17.6 Å². The number of halogens is 1. The minimum atomic E-state index is -0.850. The van der Waals surface area contributed by atoms with Gasteiger partial charge in [-0.3, -0.25) is 4.79 Å². The summed E-state index contributed by atoms with van der Waals surface area (Å²) in [6, 6.07) is 7.27. The number of carbonyl (C=O) groups is 1. The Kier molecular flexibility index (Phi) is 3.39. The Morgan fingerprint density at radius 1 is 1.33 bits per heavy atom. The molecule has 0 radical (unpaired) electrons. The van der Waals surface area contributed by atoms with Crippen molar-refractivity contribution in [1.29, 1.82) is 0 Å². The number of rotatable bonds is 3. The summed E-state index contributed by atoms with van der Waals surface area (Å²) in [6.07, 6.45) is -0.00867. The predicted molar refractivity (Wildman–Crippen MR) is 69.4 cm³/mol. The molecule has 0 fully saturated rings. The maximum absolute atomic E-state index is 10.8. The highest BCUT2D eigenvalue weighted by molar-refractivity contribution is 6.30. The summed E-state index contributed by atoms with van der Waals surface area (Å²) < 4.78 is 1.74. The molecule has 1 N–H and O–H groups in total. The van der Waals surface area contributed by atoms with E-state index >= 15 is 0 Å². The second-order valence-corrected chi connectivity index (χ2v) is 4.54. The summed E-state index contributed by atoms with van der Waals surface area (Å²) in [5.41, 5.74) is 3.22. The van der Waals surface area contributed by atoms with Crippen LogP contribution in [0.2, 0.25) is 5.02 Å². The van der Waals surface area contributed by atoms with E-state index in [-0.39, 0.29) is 6.42 Å². The lowest BCUT2D eigenvalue weighted by atomic mass is 10.1. The van der Waals surface area contributed by atoms with Crippen molar-refractivity contribution < 1.29 is 9.90 Å². The maximum Gasteiger partial charge on any atom is 0.307 e. The lowest BCUT2D eigenvalue weighted by Crippen LogP contribution is -2.03. The minimum absolute atomic E-state index is 0.00867. The third-order valence-electron chi connectivity index (χ3n) is 2.84. The Morgan fingerprint density at radius 2 is 1.94 bits per heavy atom. The SMILES string of the molecule is Cc1nn(-c2ccc(Cl)cc2)c(C)c1CC(=O)O. The lowest BCUT2D eigenvalue weighted by molar-refractivity contribution is -0.136. The van der Waals surface area contributed by atoms with Gasteiger partial charge in [-0.1, -0.05) is 11.6 Å². The molecule has 4 nitrogen and oxygen atoms in total. The number of hydrogen-bond donors (Lipinski definition) is 1. The molecule has 94 valence electrons. The van der Waals surface area contributed by atoms with Gasteiger partial charge in [-0.05, 0) is 38.1 Å². The Balaban J connectivity index is 2.46. The summed E-state index contributed by atoms with van der Waals surface area (Å²) in [5.74, 6) is -0.850. The first-order valence-corrected chi connectivity index (χ1v) is 5.89. The van der Waals surface area contributed by atoms with Gasteiger partial charge in [0.15, 0.2) is 0 Å². The number of benzene rings is 1. The molecule has 0 aliphatic rings. The van der Waals surface area contributed by atoms with Crippen molar-refractivity contribution in [2.45, 2.75) is 20.3 Å². The standard InChI is InChI=1S/C13H13ClN2O2/c1-8-12(7-13(17)18)9(2)16(15-8)11-5-3-10(14)4-6-11/h3-6H,7H2,1-2H3,(H,17,18). The van der Waals surface area contributed by atoms with Gasteiger partial charge in [-0.2, -0.15) is 5.10 Å². The van der Waals surface area contributed by atoms with Crippen LogP contribution in [0.3, 0.4) is 0 Å².